The highest BCUT2D eigenvalue weighted by molar-refractivity contribution is 7.09. The second kappa shape index (κ2) is 7.00. The van der Waals surface area contributed by atoms with Crippen molar-refractivity contribution in [2.24, 2.45) is 0 Å². The standard InChI is InChI=1S/C17H24N2S/c1-5-8-18-17(10-15-11-20-14(4)19-15)16-7-6-12(2)9-13(16)3/h6-7,9,11,17-18H,5,8,10H2,1-4H3. The van der Waals surface area contributed by atoms with Crippen LogP contribution in [-0.4, -0.2) is 11.5 Å². The number of nitrogens with zero attached hydrogens (tertiary/aromatic N) is 1. The number of hydrogen-bond acceptors (Lipinski definition) is 3. The summed E-state index contributed by atoms with van der Waals surface area (Å²) in [5.74, 6) is 0. The number of benzene rings is 1. The van der Waals surface area contributed by atoms with Crippen LogP contribution in [0.15, 0.2) is 23.6 Å². The fourth-order valence-electron chi connectivity index (χ4n) is 2.54. The van der Waals surface area contributed by atoms with E-state index in [9.17, 15) is 0 Å². The Morgan fingerprint density at radius 3 is 2.65 bits per heavy atom. The minimum Gasteiger partial charge on any atom is -0.310 e. The minimum absolute atomic E-state index is 0.358. The molecular weight excluding hydrogens is 264 g/mol. The SMILES string of the molecule is CCCNC(Cc1csc(C)n1)c1ccc(C)cc1C. The zero-order valence-corrected chi connectivity index (χ0v) is 13.7. The van der Waals surface area contributed by atoms with E-state index in [0.717, 1.165) is 24.4 Å². The first kappa shape index (κ1) is 15.2. The van der Waals surface area contributed by atoms with Gasteiger partial charge in [-0.05, 0) is 44.9 Å². The molecule has 0 aliphatic carbocycles. The average molecular weight is 288 g/mol. The van der Waals surface area contributed by atoms with Crippen LogP contribution >= 0.6 is 11.3 Å². The lowest BCUT2D eigenvalue weighted by Gasteiger charge is -2.20. The molecule has 1 heterocycles. The van der Waals surface area contributed by atoms with Crippen LogP contribution in [0, 0.1) is 20.8 Å². The first-order valence-corrected chi connectivity index (χ1v) is 8.19. The molecule has 0 aliphatic rings. The number of aromatic nitrogens is 1. The molecule has 0 fully saturated rings. The van der Waals surface area contributed by atoms with Gasteiger partial charge in [-0.1, -0.05) is 30.7 Å². The van der Waals surface area contributed by atoms with Gasteiger partial charge >= 0.3 is 0 Å². The summed E-state index contributed by atoms with van der Waals surface area (Å²) in [5.41, 5.74) is 5.28. The van der Waals surface area contributed by atoms with Crippen molar-refractivity contribution in [3.05, 3.63) is 51.0 Å². The smallest absolute Gasteiger partial charge is 0.0897 e. The topological polar surface area (TPSA) is 24.9 Å². The molecule has 0 saturated heterocycles. The van der Waals surface area contributed by atoms with Crippen LogP contribution in [0.5, 0.6) is 0 Å². The Hall–Kier alpha value is -1.19. The van der Waals surface area contributed by atoms with Gasteiger partial charge < -0.3 is 5.32 Å². The molecule has 3 heteroatoms. The summed E-state index contributed by atoms with van der Waals surface area (Å²) >= 11 is 1.73. The van der Waals surface area contributed by atoms with E-state index in [2.05, 4.69) is 61.6 Å². The van der Waals surface area contributed by atoms with Gasteiger partial charge in [-0.25, -0.2) is 4.98 Å². The molecule has 1 aromatic carbocycles. The fraction of sp³-hybridized carbons (Fsp3) is 0.471. The number of thiazole rings is 1. The van der Waals surface area contributed by atoms with E-state index in [1.54, 1.807) is 11.3 Å². The number of nitrogens with one attached hydrogen (secondary N) is 1. The van der Waals surface area contributed by atoms with Crippen molar-refractivity contribution in [1.82, 2.24) is 10.3 Å². The molecule has 0 bridgehead atoms. The molecule has 1 unspecified atom stereocenters. The van der Waals surface area contributed by atoms with Gasteiger partial charge in [0.2, 0.25) is 0 Å². The summed E-state index contributed by atoms with van der Waals surface area (Å²) in [6.07, 6.45) is 2.12. The Labute approximate surface area is 126 Å². The van der Waals surface area contributed by atoms with Crippen LogP contribution in [0.25, 0.3) is 0 Å². The zero-order valence-electron chi connectivity index (χ0n) is 12.9. The summed E-state index contributed by atoms with van der Waals surface area (Å²) in [7, 11) is 0. The molecule has 1 atom stereocenters. The number of rotatable bonds is 6. The summed E-state index contributed by atoms with van der Waals surface area (Å²) < 4.78 is 0. The molecular formula is C17H24N2S. The maximum atomic E-state index is 4.61. The molecule has 0 radical (unpaired) electrons. The average Bonchev–Trinajstić information content (AvgIpc) is 2.80. The van der Waals surface area contributed by atoms with Gasteiger partial charge in [0.05, 0.1) is 10.7 Å². The minimum atomic E-state index is 0.358. The van der Waals surface area contributed by atoms with E-state index in [1.807, 2.05) is 0 Å². The first-order chi connectivity index (χ1) is 9.60. The van der Waals surface area contributed by atoms with Crippen LogP contribution in [0.2, 0.25) is 0 Å². The van der Waals surface area contributed by atoms with Crippen LogP contribution in [0.1, 0.15) is 46.8 Å². The predicted molar refractivity (Wildman–Crippen MR) is 87.5 cm³/mol. The Morgan fingerprint density at radius 1 is 1.25 bits per heavy atom. The highest BCUT2D eigenvalue weighted by Gasteiger charge is 2.15. The van der Waals surface area contributed by atoms with Crippen LogP contribution in [0.4, 0.5) is 0 Å². The molecule has 0 amide bonds. The van der Waals surface area contributed by atoms with Gasteiger partial charge in [0.25, 0.3) is 0 Å². The van der Waals surface area contributed by atoms with Gasteiger partial charge in [0.15, 0.2) is 0 Å². The molecule has 108 valence electrons. The lowest BCUT2D eigenvalue weighted by atomic mass is 9.96. The van der Waals surface area contributed by atoms with Gasteiger partial charge in [-0.3, -0.25) is 0 Å². The summed E-state index contributed by atoms with van der Waals surface area (Å²) in [4.78, 5) is 4.61. The Kier molecular flexibility index (Phi) is 5.32. The molecule has 2 nitrogen and oxygen atoms in total. The Bertz CT molecular complexity index is 560. The highest BCUT2D eigenvalue weighted by atomic mass is 32.1. The normalized spacial score (nSPS) is 12.6. The van der Waals surface area contributed by atoms with Gasteiger partial charge in [0.1, 0.15) is 0 Å². The third-order valence-corrected chi connectivity index (χ3v) is 4.34. The molecule has 2 aromatic rings. The van der Waals surface area contributed by atoms with Crippen molar-refractivity contribution in [2.75, 3.05) is 6.54 Å². The molecule has 1 aromatic heterocycles. The molecule has 0 saturated carbocycles. The predicted octanol–water partition coefficient (Wildman–Crippen LogP) is 4.35. The van der Waals surface area contributed by atoms with Crippen molar-refractivity contribution in [3.8, 4) is 0 Å². The van der Waals surface area contributed by atoms with Gasteiger partial charge in [0, 0.05) is 17.8 Å². The first-order valence-electron chi connectivity index (χ1n) is 7.31. The summed E-state index contributed by atoms with van der Waals surface area (Å²) in [6.45, 7) is 9.67. The van der Waals surface area contributed by atoms with Crippen molar-refractivity contribution in [2.45, 2.75) is 46.6 Å². The molecule has 1 N–H and O–H groups in total. The molecule has 0 spiro atoms. The lowest BCUT2D eigenvalue weighted by Crippen LogP contribution is -2.25. The maximum Gasteiger partial charge on any atom is 0.0897 e. The number of hydrogen-bond donors (Lipinski definition) is 1. The van der Waals surface area contributed by atoms with E-state index < -0.39 is 0 Å². The quantitative estimate of drug-likeness (QED) is 0.854. The molecule has 2 rings (SSSR count). The van der Waals surface area contributed by atoms with E-state index in [0.29, 0.717) is 6.04 Å². The fourth-order valence-corrected chi connectivity index (χ4v) is 3.16. The van der Waals surface area contributed by atoms with Crippen molar-refractivity contribution in [3.63, 3.8) is 0 Å². The van der Waals surface area contributed by atoms with E-state index in [4.69, 9.17) is 0 Å². The second-order valence-electron chi connectivity index (χ2n) is 5.43. The largest absolute Gasteiger partial charge is 0.310 e. The zero-order chi connectivity index (χ0) is 14.5. The highest BCUT2D eigenvalue weighted by Crippen LogP contribution is 2.23. The van der Waals surface area contributed by atoms with Crippen molar-refractivity contribution in [1.29, 1.82) is 0 Å². The maximum absolute atomic E-state index is 4.61. The Balaban J connectivity index is 2.22. The second-order valence-corrected chi connectivity index (χ2v) is 6.49. The van der Waals surface area contributed by atoms with E-state index in [-0.39, 0.29) is 0 Å². The number of aryl methyl sites for hydroxylation is 3. The van der Waals surface area contributed by atoms with Gasteiger partial charge in [-0.15, -0.1) is 11.3 Å². The van der Waals surface area contributed by atoms with Crippen LogP contribution < -0.4 is 5.32 Å². The lowest BCUT2D eigenvalue weighted by molar-refractivity contribution is 0.523. The third kappa shape index (κ3) is 3.90. The molecule has 0 aliphatic heterocycles. The third-order valence-electron chi connectivity index (χ3n) is 3.52. The molecule has 20 heavy (non-hydrogen) atoms. The van der Waals surface area contributed by atoms with E-state index >= 15 is 0 Å². The van der Waals surface area contributed by atoms with Crippen LogP contribution in [-0.2, 0) is 6.42 Å². The summed E-state index contributed by atoms with van der Waals surface area (Å²) in [5, 5.41) is 7.00. The monoisotopic (exact) mass is 288 g/mol. The van der Waals surface area contributed by atoms with Crippen molar-refractivity contribution < 1.29 is 0 Å². The summed E-state index contributed by atoms with van der Waals surface area (Å²) in [6, 6.07) is 7.09. The van der Waals surface area contributed by atoms with E-state index in [1.165, 1.54) is 22.4 Å². The Morgan fingerprint density at radius 2 is 2.05 bits per heavy atom. The van der Waals surface area contributed by atoms with Crippen LogP contribution in [0.3, 0.4) is 0 Å². The van der Waals surface area contributed by atoms with Gasteiger partial charge in [-0.2, -0.15) is 0 Å². The van der Waals surface area contributed by atoms with Crippen molar-refractivity contribution >= 4 is 11.3 Å².